The SMILES string of the molecule is Cl.NC1(c2noc(/C=C/c3ccnc4ccccc34)n2)CCCC1. The Labute approximate surface area is 146 Å². The summed E-state index contributed by atoms with van der Waals surface area (Å²) >= 11 is 0. The van der Waals surface area contributed by atoms with Gasteiger partial charge in [-0.15, -0.1) is 12.4 Å². The highest BCUT2D eigenvalue weighted by Gasteiger charge is 2.35. The van der Waals surface area contributed by atoms with Gasteiger partial charge in [0.25, 0.3) is 5.89 Å². The second-order valence-electron chi connectivity index (χ2n) is 6.07. The molecule has 0 atom stereocenters. The quantitative estimate of drug-likeness (QED) is 0.780. The third-order valence-corrected chi connectivity index (χ3v) is 4.47. The Morgan fingerprint density at radius 3 is 2.71 bits per heavy atom. The highest BCUT2D eigenvalue weighted by atomic mass is 35.5. The summed E-state index contributed by atoms with van der Waals surface area (Å²) in [5.41, 5.74) is 7.97. The van der Waals surface area contributed by atoms with E-state index in [4.69, 9.17) is 10.3 Å². The van der Waals surface area contributed by atoms with E-state index in [2.05, 4.69) is 21.2 Å². The molecule has 0 saturated heterocycles. The molecule has 1 aromatic carbocycles. The number of rotatable bonds is 3. The van der Waals surface area contributed by atoms with Crippen LogP contribution in [0.4, 0.5) is 0 Å². The number of benzene rings is 1. The Kier molecular flexibility index (Phi) is 4.64. The summed E-state index contributed by atoms with van der Waals surface area (Å²) in [6.45, 7) is 0. The van der Waals surface area contributed by atoms with E-state index in [1.807, 2.05) is 36.4 Å². The van der Waals surface area contributed by atoms with Gasteiger partial charge < -0.3 is 10.3 Å². The fourth-order valence-corrected chi connectivity index (χ4v) is 3.16. The highest BCUT2D eigenvalue weighted by molar-refractivity contribution is 5.89. The molecule has 1 aliphatic carbocycles. The Bertz CT molecular complexity index is 863. The fraction of sp³-hybridized carbons (Fsp3) is 0.278. The first-order chi connectivity index (χ1) is 11.2. The minimum absolute atomic E-state index is 0. The molecule has 24 heavy (non-hydrogen) atoms. The first-order valence-electron chi connectivity index (χ1n) is 7.90. The number of halogens is 1. The normalized spacial score (nSPS) is 16.5. The molecule has 1 aliphatic rings. The molecule has 2 heterocycles. The minimum atomic E-state index is -0.418. The topological polar surface area (TPSA) is 77.8 Å². The number of pyridine rings is 1. The van der Waals surface area contributed by atoms with Crippen molar-refractivity contribution < 1.29 is 4.52 Å². The lowest BCUT2D eigenvalue weighted by molar-refractivity contribution is 0.364. The summed E-state index contributed by atoms with van der Waals surface area (Å²) in [7, 11) is 0. The third-order valence-electron chi connectivity index (χ3n) is 4.47. The number of fused-ring (bicyclic) bond motifs is 1. The second-order valence-corrected chi connectivity index (χ2v) is 6.07. The van der Waals surface area contributed by atoms with E-state index in [1.165, 1.54) is 0 Å². The van der Waals surface area contributed by atoms with Crippen LogP contribution in [0.2, 0.25) is 0 Å². The van der Waals surface area contributed by atoms with Gasteiger partial charge in [0.1, 0.15) is 0 Å². The summed E-state index contributed by atoms with van der Waals surface area (Å²) in [5.74, 6) is 1.10. The number of hydrogen-bond donors (Lipinski definition) is 1. The molecule has 0 aliphatic heterocycles. The number of para-hydroxylation sites is 1. The van der Waals surface area contributed by atoms with Crippen LogP contribution in [0.5, 0.6) is 0 Å². The van der Waals surface area contributed by atoms with Crippen LogP contribution in [0.15, 0.2) is 41.1 Å². The Balaban J connectivity index is 0.00000169. The summed E-state index contributed by atoms with van der Waals surface area (Å²) < 4.78 is 5.33. The van der Waals surface area contributed by atoms with Gasteiger partial charge in [0.05, 0.1) is 11.1 Å². The van der Waals surface area contributed by atoms with Crippen molar-refractivity contribution in [3.8, 4) is 0 Å². The molecule has 2 aromatic heterocycles. The number of nitrogens with zero attached hydrogens (tertiary/aromatic N) is 3. The summed E-state index contributed by atoms with van der Waals surface area (Å²) in [5, 5.41) is 5.16. The molecule has 5 nitrogen and oxygen atoms in total. The van der Waals surface area contributed by atoms with Gasteiger partial charge in [0, 0.05) is 17.7 Å². The first kappa shape index (κ1) is 16.6. The van der Waals surface area contributed by atoms with Crippen LogP contribution in [-0.2, 0) is 5.54 Å². The van der Waals surface area contributed by atoms with E-state index in [0.29, 0.717) is 11.7 Å². The number of hydrogen-bond acceptors (Lipinski definition) is 5. The van der Waals surface area contributed by atoms with Gasteiger partial charge in [-0.2, -0.15) is 4.98 Å². The van der Waals surface area contributed by atoms with Crippen LogP contribution < -0.4 is 5.73 Å². The Hall–Kier alpha value is -2.24. The van der Waals surface area contributed by atoms with Gasteiger partial charge in [0.15, 0.2) is 5.82 Å². The lowest BCUT2D eigenvalue weighted by Crippen LogP contribution is -2.34. The van der Waals surface area contributed by atoms with E-state index < -0.39 is 5.54 Å². The van der Waals surface area contributed by atoms with Crippen molar-refractivity contribution in [2.45, 2.75) is 31.2 Å². The molecular formula is C18H19ClN4O. The van der Waals surface area contributed by atoms with E-state index >= 15 is 0 Å². The smallest absolute Gasteiger partial charge is 0.250 e. The molecule has 0 radical (unpaired) electrons. The van der Waals surface area contributed by atoms with E-state index in [9.17, 15) is 0 Å². The molecule has 2 N–H and O–H groups in total. The van der Waals surface area contributed by atoms with Crippen molar-refractivity contribution in [2.75, 3.05) is 0 Å². The monoisotopic (exact) mass is 342 g/mol. The van der Waals surface area contributed by atoms with Crippen molar-refractivity contribution in [1.29, 1.82) is 0 Å². The minimum Gasteiger partial charge on any atom is -0.335 e. The molecule has 0 amide bonds. The van der Waals surface area contributed by atoms with Gasteiger partial charge in [-0.05, 0) is 36.6 Å². The number of aromatic nitrogens is 3. The fourth-order valence-electron chi connectivity index (χ4n) is 3.16. The maximum absolute atomic E-state index is 6.36. The van der Waals surface area contributed by atoms with Crippen molar-refractivity contribution in [1.82, 2.24) is 15.1 Å². The van der Waals surface area contributed by atoms with Gasteiger partial charge in [-0.25, -0.2) is 0 Å². The standard InChI is InChI=1S/C18H18N4O.ClH/c19-18(10-3-4-11-18)17-21-16(23-22-17)8-7-13-9-12-20-15-6-2-1-5-14(13)15;/h1-2,5-9,12H,3-4,10-11,19H2;1H/b8-7+;. The molecule has 124 valence electrons. The number of nitrogens with two attached hydrogens (primary N) is 1. The zero-order valence-corrected chi connectivity index (χ0v) is 14.0. The summed E-state index contributed by atoms with van der Waals surface area (Å²) in [6, 6.07) is 10.0. The van der Waals surface area contributed by atoms with E-state index in [-0.39, 0.29) is 12.4 Å². The first-order valence-corrected chi connectivity index (χ1v) is 7.90. The average Bonchev–Trinajstić information content (AvgIpc) is 3.23. The van der Waals surface area contributed by atoms with Crippen molar-refractivity contribution in [3.63, 3.8) is 0 Å². The zero-order valence-electron chi connectivity index (χ0n) is 13.2. The van der Waals surface area contributed by atoms with Gasteiger partial charge >= 0.3 is 0 Å². The largest absolute Gasteiger partial charge is 0.335 e. The average molecular weight is 343 g/mol. The van der Waals surface area contributed by atoms with Crippen LogP contribution in [0.3, 0.4) is 0 Å². The van der Waals surface area contributed by atoms with Crippen molar-refractivity contribution >= 4 is 35.5 Å². The predicted octanol–water partition coefficient (Wildman–Crippen LogP) is 3.94. The second kappa shape index (κ2) is 6.71. The Morgan fingerprint density at radius 2 is 1.88 bits per heavy atom. The van der Waals surface area contributed by atoms with E-state index in [0.717, 1.165) is 42.1 Å². The van der Waals surface area contributed by atoms with Crippen LogP contribution in [0.1, 0.15) is 43.0 Å². The lowest BCUT2D eigenvalue weighted by Gasteiger charge is -2.17. The molecule has 0 bridgehead atoms. The van der Waals surface area contributed by atoms with Crippen molar-refractivity contribution in [2.24, 2.45) is 5.73 Å². The Morgan fingerprint density at radius 1 is 1.08 bits per heavy atom. The molecule has 1 saturated carbocycles. The van der Waals surface area contributed by atoms with Gasteiger partial charge in [-0.3, -0.25) is 4.98 Å². The van der Waals surface area contributed by atoms with Crippen LogP contribution >= 0.6 is 12.4 Å². The molecule has 0 spiro atoms. The highest BCUT2D eigenvalue weighted by Crippen LogP contribution is 2.34. The molecular weight excluding hydrogens is 324 g/mol. The van der Waals surface area contributed by atoms with Crippen molar-refractivity contribution in [3.05, 3.63) is 53.8 Å². The maximum atomic E-state index is 6.36. The molecule has 0 unspecified atom stereocenters. The van der Waals surface area contributed by atoms with Gasteiger partial charge in [-0.1, -0.05) is 36.2 Å². The molecule has 6 heteroatoms. The van der Waals surface area contributed by atoms with Crippen LogP contribution in [0.25, 0.3) is 23.1 Å². The summed E-state index contributed by atoms with van der Waals surface area (Å²) in [6.07, 6.45) is 9.69. The maximum Gasteiger partial charge on any atom is 0.250 e. The zero-order chi connectivity index (χ0) is 15.7. The molecule has 3 aromatic rings. The predicted molar refractivity (Wildman–Crippen MR) is 96.6 cm³/mol. The molecule has 4 rings (SSSR count). The van der Waals surface area contributed by atoms with Crippen LogP contribution in [-0.4, -0.2) is 15.1 Å². The van der Waals surface area contributed by atoms with Gasteiger partial charge in [0.2, 0.25) is 0 Å². The summed E-state index contributed by atoms with van der Waals surface area (Å²) in [4.78, 5) is 8.81. The van der Waals surface area contributed by atoms with Crippen LogP contribution in [0, 0.1) is 0 Å². The van der Waals surface area contributed by atoms with E-state index in [1.54, 1.807) is 6.20 Å². The third kappa shape index (κ3) is 3.05. The molecule has 1 fully saturated rings. The lowest BCUT2D eigenvalue weighted by atomic mass is 9.99.